The van der Waals surface area contributed by atoms with Crippen molar-refractivity contribution >= 4 is 5.97 Å². The second-order valence-electron chi connectivity index (χ2n) is 6.58. The Kier molecular flexibility index (Phi) is 4.06. The van der Waals surface area contributed by atoms with Crippen LogP contribution in [0.2, 0.25) is 0 Å². The topological polar surface area (TPSA) is 47.4 Å². The lowest BCUT2D eigenvalue weighted by Gasteiger charge is -2.44. The van der Waals surface area contributed by atoms with Crippen LogP contribution >= 0.6 is 0 Å². The Balaban J connectivity index is 1.57. The lowest BCUT2D eigenvalue weighted by Crippen LogP contribution is -2.52. The number of carbonyl (C=O) groups excluding carboxylic acids is 1. The number of halogens is 1. The van der Waals surface area contributed by atoms with Gasteiger partial charge in [0.1, 0.15) is 11.9 Å². The van der Waals surface area contributed by atoms with Crippen molar-refractivity contribution in [2.45, 2.75) is 25.0 Å². The van der Waals surface area contributed by atoms with Gasteiger partial charge in [-0.25, -0.2) is 14.2 Å². The van der Waals surface area contributed by atoms with E-state index in [1.165, 1.54) is 12.1 Å². The molecule has 2 bridgehead atoms. The van der Waals surface area contributed by atoms with Gasteiger partial charge in [0.15, 0.2) is 6.04 Å². The van der Waals surface area contributed by atoms with Crippen molar-refractivity contribution in [3.05, 3.63) is 54.4 Å². The monoisotopic (exact) mass is 329 g/mol. The van der Waals surface area contributed by atoms with Gasteiger partial charge in [-0.1, -0.05) is 12.1 Å². The number of ether oxygens (including phenoxy) is 1. The molecule has 1 unspecified atom stereocenters. The van der Waals surface area contributed by atoms with Crippen LogP contribution in [0.5, 0.6) is 0 Å². The number of rotatable bonds is 4. The number of hydrogen-bond donors (Lipinski definition) is 0. The molecule has 4 heterocycles. The first kappa shape index (κ1) is 15.3. The highest BCUT2D eigenvalue weighted by Gasteiger charge is 2.38. The minimum absolute atomic E-state index is 0.0496. The molecule has 3 fully saturated rings. The highest BCUT2D eigenvalue weighted by Crippen LogP contribution is 2.31. The Morgan fingerprint density at radius 1 is 1.25 bits per heavy atom. The number of hydrogen-bond acceptors (Lipinski definition) is 4. The fourth-order valence-corrected chi connectivity index (χ4v) is 3.76. The summed E-state index contributed by atoms with van der Waals surface area (Å²) < 4.78 is 20.8. The molecule has 3 aliphatic heterocycles. The van der Waals surface area contributed by atoms with Crippen molar-refractivity contribution < 1.29 is 13.9 Å². The number of nitrogens with zero attached hydrogens (tertiary/aromatic N) is 3. The first-order chi connectivity index (χ1) is 11.7. The summed E-state index contributed by atoms with van der Waals surface area (Å²) >= 11 is 0. The van der Waals surface area contributed by atoms with Crippen molar-refractivity contribution in [3.8, 4) is 0 Å². The quantitative estimate of drug-likeness (QED) is 0.807. The SMILES string of the molecule is O=C(O[C@H]1CN2CCC1CC2)C(c1ccc(F)cc1)n1ccnc1. The van der Waals surface area contributed by atoms with E-state index in [0.29, 0.717) is 11.5 Å². The van der Waals surface area contributed by atoms with Gasteiger partial charge >= 0.3 is 5.97 Å². The van der Waals surface area contributed by atoms with Crippen molar-refractivity contribution in [2.24, 2.45) is 5.92 Å². The van der Waals surface area contributed by atoms with Crippen LogP contribution in [0.3, 0.4) is 0 Å². The first-order valence-electron chi connectivity index (χ1n) is 8.36. The van der Waals surface area contributed by atoms with Gasteiger partial charge in [-0.3, -0.25) is 4.90 Å². The molecule has 24 heavy (non-hydrogen) atoms. The molecule has 0 radical (unpaired) electrons. The number of imidazole rings is 1. The molecular formula is C18H20FN3O2. The third-order valence-corrected chi connectivity index (χ3v) is 5.10. The molecule has 2 atom stereocenters. The van der Waals surface area contributed by atoms with Crippen LogP contribution in [0.15, 0.2) is 43.0 Å². The zero-order valence-electron chi connectivity index (χ0n) is 13.3. The van der Waals surface area contributed by atoms with E-state index in [2.05, 4.69) is 9.88 Å². The van der Waals surface area contributed by atoms with Gasteiger partial charge in [0, 0.05) is 18.9 Å². The Bertz CT molecular complexity index is 694. The van der Waals surface area contributed by atoms with E-state index in [9.17, 15) is 9.18 Å². The molecule has 5 nitrogen and oxygen atoms in total. The van der Waals surface area contributed by atoms with E-state index >= 15 is 0 Å². The third kappa shape index (κ3) is 2.94. The van der Waals surface area contributed by atoms with Crippen molar-refractivity contribution in [1.82, 2.24) is 14.5 Å². The van der Waals surface area contributed by atoms with Gasteiger partial charge in [0.2, 0.25) is 0 Å². The van der Waals surface area contributed by atoms with Gasteiger partial charge in [-0.15, -0.1) is 0 Å². The molecule has 3 saturated heterocycles. The fourth-order valence-electron chi connectivity index (χ4n) is 3.76. The molecule has 2 aromatic rings. The minimum atomic E-state index is -0.636. The molecule has 0 saturated carbocycles. The number of esters is 1. The van der Waals surface area contributed by atoms with E-state index in [-0.39, 0.29) is 17.9 Å². The Hall–Kier alpha value is -2.21. The lowest BCUT2D eigenvalue weighted by atomic mass is 9.86. The normalized spacial score (nSPS) is 27.0. The summed E-state index contributed by atoms with van der Waals surface area (Å²) in [7, 11) is 0. The summed E-state index contributed by atoms with van der Waals surface area (Å²) in [6.45, 7) is 3.01. The molecule has 0 amide bonds. The summed E-state index contributed by atoms with van der Waals surface area (Å²) in [6.07, 6.45) is 7.07. The maximum Gasteiger partial charge on any atom is 0.334 e. The molecule has 0 aliphatic carbocycles. The molecule has 0 N–H and O–H groups in total. The van der Waals surface area contributed by atoms with Crippen LogP contribution in [0.25, 0.3) is 0 Å². The Morgan fingerprint density at radius 2 is 2.00 bits per heavy atom. The van der Waals surface area contributed by atoms with Crippen molar-refractivity contribution in [3.63, 3.8) is 0 Å². The molecular weight excluding hydrogens is 309 g/mol. The Labute approximate surface area is 140 Å². The van der Waals surface area contributed by atoms with Crippen molar-refractivity contribution in [2.75, 3.05) is 19.6 Å². The zero-order valence-corrected chi connectivity index (χ0v) is 13.3. The molecule has 0 spiro atoms. The second kappa shape index (κ2) is 6.36. The van der Waals surface area contributed by atoms with Crippen LogP contribution in [0.1, 0.15) is 24.4 Å². The van der Waals surface area contributed by atoms with Gasteiger partial charge in [-0.05, 0) is 49.5 Å². The summed E-state index contributed by atoms with van der Waals surface area (Å²) in [6, 6.07) is 5.33. The predicted octanol–water partition coefficient (Wildman–Crippen LogP) is 2.25. The van der Waals surface area contributed by atoms with Gasteiger partial charge in [0.05, 0.1) is 6.33 Å². The number of piperidine rings is 3. The minimum Gasteiger partial charge on any atom is -0.459 e. The molecule has 3 aliphatic rings. The van der Waals surface area contributed by atoms with Crippen molar-refractivity contribution in [1.29, 1.82) is 0 Å². The summed E-state index contributed by atoms with van der Waals surface area (Å²) in [4.78, 5) is 19.3. The number of aromatic nitrogens is 2. The highest BCUT2D eigenvalue weighted by molar-refractivity contribution is 5.78. The molecule has 126 valence electrons. The summed E-state index contributed by atoms with van der Waals surface area (Å²) in [5, 5.41) is 0. The molecule has 6 heteroatoms. The maximum atomic E-state index is 13.2. The van der Waals surface area contributed by atoms with E-state index in [1.807, 2.05) is 0 Å². The zero-order chi connectivity index (χ0) is 16.5. The predicted molar refractivity (Wildman–Crippen MR) is 85.8 cm³/mol. The van der Waals surface area contributed by atoms with Gasteiger partial charge < -0.3 is 9.30 Å². The van der Waals surface area contributed by atoms with E-state index < -0.39 is 6.04 Å². The van der Waals surface area contributed by atoms with Crippen LogP contribution < -0.4 is 0 Å². The van der Waals surface area contributed by atoms with Crippen LogP contribution in [-0.4, -0.2) is 46.2 Å². The van der Waals surface area contributed by atoms with E-state index in [1.54, 1.807) is 35.4 Å². The molecule has 1 aromatic heterocycles. The van der Waals surface area contributed by atoms with Crippen LogP contribution in [0.4, 0.5) is 4.39 Å². The fraction of sp³-hybridized carbons (Fsp3) is 0.444. The average Bonchev–Trinajstić information content (AvgIpc) is 3.12. The standard InChI is InChI=1S/C18H20FN3O2/c19-15-3-1-14(2-4-15)17(22-10-7-20-12-22)18(23)24-16-11-21-8-5-13(16)6-9-21/h1-4,7,10,12-13,16-17H,5-6,8-9,11H2/t16-,17?/m0/s1. The number of fused-ring (bicyclic) bond motifs is 3. The second-order valence-corrected chi connectivity index (χ2v) is 6.58. The lowest BCUT2D eigenvalue weighted by molar-refractivity contribution is -0.161. The van der Waals surface area contributed by atoms with Crippen LogP contribution in [0, 0.1) is 11.7 Å². The molecule has 1 aromatic carbocycles. The Morgan fingerprint density at radius 3 is 2.58 bits per heavy atom. The van der Waals surface area contributed by atoms with Gasteiger partial charge in [-0.2, -0.15) is 0 Å². The summed E-state index contributed by atoms with van der Waals surface area (Å²) in [5.41, 5.74) is 0.695. The van der Waals surface area contributed by atoms with E-state index in [4.69, 9.17) is 4.74 Å². The number of carbonyl (C=O) groups is 1. The highest BCUT2D eigenvalue weighted by atomic mass is 19.1. The summed E-state index contributed by atoms with van der Waals surface area (Å²) in [5.74, 6) is -0.178. The average molecular weight is 329 g/mol. The van der Waals surface area contributed by atoms with Gasteiger partial charge in [0.25, 0.3) is 0 Å². The third-order valence-electron chi connectivity index (χ3n) is 5.10. The maximum absolute atomic E-state index is 13.2. The number of benzene rings is 1. The first-order valence-corrected chi connectivity index (χ1v) is 8.36. The largest absolute Gasteiger partial charge is 0.459 e. The smallest absolute Gasteiger partial charge is 0.334 e. The van der Waals surface area contributed by atoms with Crippen LogP contribution in [-0.2, 0) is 9.53 Å². The van der Waals surface area contributed by atoms with E-state index in [0.717, 1.165) is 32.5 Å². The molecule has 5 rings (SSSR count).